The van der Waals surface area contributed by atoms with Crippen LogP contribution in [0.5, 0.6) is 0 Å². The van der Waals surface area contributed by atoms with Crippen molar-refractivity contribution in [3.8, 4) is 0 Å². The van der Waals surface area contributed by atoms with Crippen LogP contribution in [0.15, 0.2) is 36.5 Å². The predicted octanol–water partition coefficient (Wildman–Crippen LogP) is 4.94. The summed E-state index contributed by atoms with van der Waals surface area (Å²) in [5, 5.41) is 13.8. The summed E-state index contributed by atoms with van der Waals surface area (Å²) >= 11 is 12.3. The van der Waals surface area contributed by atoms with Gasteiger partial charge in [0.25, 0.3) is 0 Å². The minimum Gasteiger partial charge on any atom is -0.384 e. The molecular weight excluding hydrogens is 393 g/mol. The van der Waals surface area contributed by atoms with E-state index in [0.717, 1.165) is 36.1 Å². The van der Waals surface area contributed by atoms with Gasteiger partial charge in [0.2, 0.25) is 0 Å². The summed E-state index contributed by atoms with van der Waals surface area (Å²) < 4.78 is 2.21. The van der Waals surface area contributed by atoms with E-state index in [1.807, 2.05) is 37.3 Å². The Kier molecular flexibility index (Phi) is 4.44. The Labute approximate surface area is 174 Å². The van der Waals surface area contributed by atoms with E-state index in [2.05, 4.69) is 14.5 Å². The van der Waals surface area contributed by atoms with Gasteiger partial charge in [0.1, 0.15) is 11.2 Å². The smallest absolute Gasteiger partial charge is 0.140 e. The molecule has 0 bridgehead atoms. The van der Waals surface area contributed by atoms with Crippen molar-refractivity contribution in [1.29, 1.82) is 0 Å². The summed E-state index contributed by atoms with van der Waals surface area (Å²) in [6.07, 6.45) is 5.07. The largest absolute Gasteiger partial charge is 0.384 e. The molecule has 2 aliphatic rings. The monoisotopic (exact) mass is 415 g/mol. The molecule has 146 valence electrons. The standard InChI is InChI=1S/C22H23Cl2N3O/c1-22(28,14-4-6-15(23)7-5-14)13-27-19-8-10-26-9-2-3-18(26)20(19)17-11-16(24)12-25-21(17)27/h4-7,11-12,18,28H,2-3,8-10,13H2,1H3. The Morgan fingerprint density at radius 1 is 1.18 bits per heavy atom. The minimum absolute atomic E-state index is 0.438. The summed E-state index contributed by atoms with van der Waals surface area (Å²) in [6.45, 7) is 4.52. The number of aromatic nitrogens is 2. The van der Waals surface area contributed by atoms with Crippen LogP contribution in [0.4, 0.5) is 0 Å². The first-order chi connectivity index (χ1) is 13.4. The lowest BCUT2D eigenvalue weighted by atomic mass is 9.94. The van der Waals surface area contributed by atoms with Crippen LogP contribution < -0.4 is 0 Å². The third-order valence-corrected chi connectivity index (χ3v) is 6.74. The number of nitrogens with zero attached hydrogens (tertiary/aromatic N) is 3. The molecule has 2 atom stereocenters. The van der Waals surface area contributed by atoms with Crippen molar-refractivity contribution < 1.29 is 5.11 Å². The zero-order valence-electron chi connectivity index (χ0n) is 15.8. The van der Waals surface area contributed by atoms with E-state index in [-0.39, 0.29) is 0 Å². The van der Waals surface area contributed by atoms with E-state index >= 15 is 0 Å². The molecule has 1 N–H and O–H groups in total. The van der Waals surface area contributed by atoms with Crippen LogP contribution >= 0.6 is 23.2 Å². The fourth-order valence-corrected chi connectivity index (χ4v) is 5.25. The number of hydrogen-bond acceptors (Lipinski definition) is 3. The molecule has 5 rings (SSSR count). The van der Waals surface area contributed by atoms with Crippen molar-refractivity contribution in [3.63, 3.8) is 0 Å². The lowest BCUT2D eigenvalue weighted by molar-refractivity contribution is 0.0382. The zero-order valence-corrected chi connectivity index (χ0v) is 17.3. The number of rotatable bonds is 3. The topological polar surface area (TPSA) is 41.3 Å². The number of benzene rings is 1. The first-order valence-corrected chi connectivity index (χ1v) is 10.6. The molecule has 28 heavy (non-hydrogen) atoms. The molecule has 2 aliphatic heterocycles. The number of fused-ring (bicyclic) bond motifs is 5. The summed E-state index contributed by atoms with van der Waals surface area (Å²) in [5.74, 6) is 0. The van der Waals surface area contributed by atoms with E-state index in [0.29, 0.717) is 22.6 Å². The van der Waals surface area contributed by atoms with Crippen LogP contribution in [0, 0.1) is 0 Å². The molecule has 1 saturated heterocycles. The third kappa shape index (κ3) is 2.94. The summed E-state index contributed by atoms with van der Waals surface area (Å²) in [6, 6.07) is 9.91. The average Bonchev–Trinajstić information content (AvgIpc) is 3.25. The number of halogens is 2. The van der Waals surface area contributed by atoms with Crippen molar-refractivity contribution in [2.75, 3.05) is 13.1 Å². The average molecular weight is 416 g/mol. The molecule has 6 heteroatoms. The quantitative estimate of drug-likeness (QED) is 0.658. The summed E-state index contributed by atoms with van der Waals surface area (Å²) in [4.78, 5) is 7.25. The molecule has 3 aromatic rings. The second-order valence-corrected chi connectivity index (χ2v) is 9.07. The highest BCUT2D eigenvalue weighted by molar-refractivity contribution is 6.31. The van der Waals surface area contributed by atoms with Crippen LogP contribution in [0.3, 0.4) is 0 Å². The van der Waals surface area contributed by atoms with Crippen LogP contribution in [-0.2, 0) is 18.6 Å². The van der Waals surface area contributed by atoms with Gasteiger partial charge < -0.3 is 9.67 Å². The van der Waals surface area contributed by atoms with Gasteiger partial charge in [0, 0.05) is 41.3 Å². The fraction of sp³-hybridized carbons (Fsp3) is 0.409. The highest BCUT2D eigenvalue weighted by Crippen LogP contribution is 2.43. The Morgan fingerprint density at radius 3 is 2.75 bits per heavy atom. The first-order valence-electron chi connectivity index (χ1n) is 9.83. The lowest BCUT2D eigenvalue weighted by Crippen LogP contribution is -2.33. The number of hydrogen-bond donors (Lipinski definition) is 1. The van der Waals surface area contributed by atoms with E-state index in [9.17, 15) is 5.11 Å². The van der Waals surface area contributed by atoms with Crippen molar-refractivity contribution in [2.45, 2.75) is 44.4 Å². The second kappa shape index (κ2) is 6.74. The molecule has 4 nitrogen and oxygen atoms in total. The normalized spacial score (nSPS) is 21.5. The molecule has 4 heterocycles. The lowest BCUT2D eigenvalue weighted by Gasteiger charge is -2.32. The minimum atomic E-state index is -1.03. The molecule has 2 aromatic heterocycles. The maximum atomic E-state index is 11.3. The SMILES string of the molecule is CC(O)(Cn1c2c(c3cc(Cl)cnc31)C1CCCN1CC2)c1ccc(Cl)cc1. The van der Waals surface area contributed by atoms with Crippen molar-refractivity contribution in [1.82, 2.24) is 14.5 Å². The molecule has 2 unspecified atom stereocenters. The number of pyridine rings is 1. The Hall–Kier alpha value is -1.59. The van der Waals surface area contributed by atoms with E-state index in [1.165, 1.54) is 24.1 Å². The van der Waals surface area contributed by atoms with Gasteiger partial charge >= 0.3 is 0 Å². The zero-order chi connectivity index (χ0) is 19.5. The molecule has 1 aromatic carbocycles. The third-order valence-electron chi connectivity index (χ3n) is 6.28. The van der Waals surface area contributed by atoms with Gasteiger partial charge in [0.05, 0.1) is 11.6 Å². The number of aliphatic hydroxyl groups is 1. The molecule has 1 fully saturated rings. The van der Waals surface area contributed by atoms with E-state index in [4.69, 9.17) is 23.2 Å². The van der Waals surface area contributed by atoms with E-state index in [1.54, 1.807) is 6.20 Å². The maximum absolute atomic E-state index is 11.3. The first kappa shape index (κ1) is 18.4. The molecular formula is C22H23Cl2N3O. The molecule has 0 saturated carbocycles. The summed E-state index contributed by atoms with van der Waals surface area (Å²) in [5.41, 5.74) is 3.39. The van der Waals surface area contributed by atoms with Crippen LogP contribution in [-0.4, -0.2) is 32.6 Å². The predicted molar refractivity (Wildman–Crippen MR) is 113 cm³/mol. The molecule has 0 radical (unpaired) electrons. The van der Waals surface area contributed by atoms with Gasteiger partial charge in [-0.25, -0.2) is 4.98 Å². The Morgan fingerprint density at radius 2 is 1.96 bits per heavy atom. The van der Waals surface area contributed by atoms with Crippen LogP contribution in [0.1, 0.15) is 42.6 Å². The highest BCUT2D eigenvalue weighted by atomic mass is 35.5. The van der Waals surface area contributed by atoms with Crippen LogP contribution in [0.25, 0.3) is 11.0 Å². The maximum Gasteiger partial charge on any atom is 0.140 e. The van der Waals surface area contributed by atoms with Crippen molar-refractivity contribution in [2.24, 2.45) is 0 Å². The highest BCUT2D eigenvalue weighted by Gasteiger charge is 2.37. The van der Waals surface area contributed by atoms with Gasteiger partial charge in [-0.05, 0) is 55.6 Å². The summed E-state index contributed by atoms with van der Waals surface area (Å²) in [7, 11) is 0. The Bertz CT molecular complexity index is 1040. The van der Waals surface area contributed by atoms with Gasteiger partial charge in [-0.2, -0.15) is 0 Å². The van der Waals surface area contributed by atoms with Gasteiger partial charge in [-0.1, -0.05) is 35.3 Å². The van der Waals surface area contributed by atoms with Crippen LogP contribution in [0.2, 0.25) is 10.0 Å². The van der Waals surface area contributed by atoms with Gasteiger partial charge in [-0.15, -0.1) is 0 Å². The molecule has 0 spiro atoms. The van der Waals surface area contributed by atoms with Crippen molar-refractivity contribution in [3.05, 3.63) is 63.4 Å². The second-order valence-electron chi connectivity index (χ2n) is 8.20. The van der Waals surface area contributed by atoms with Crippen molar-refractivity contribution >= 4 is 34.2 Å². The fourth-order valence-electron chi connectivity index (χ4n) is 4.96. The molecule has 0 aliphatic carbocycles. The Balaban J connectivity index is 1.65. The van der Waals surface area contributed by atoms with E-state index < -0.39 is 5.60 Å². The van der Waals surface area contributed by atoms with Gasteiger partial charge in [-0.3, -0.25) is 4.90 Å². The molecule has 0 amide bonds. The van der Waals surface area contributed by atoms with Gasteiger partial charge in [0.15, 0.2) is 0 Å².